The normalized spacial score (nSPS) is 10.3. The van der Waals surface area contributed by atoms with Gasteiger partial charge in [-0.15, -0.1) is 0 Å². The van der Waals surface area contributed by atoms with E-state index in [2.05, 4.69) is 22.6 Å². The van der Waals surface area contributed by atoms with Crippen molar-refractivity contribution in [3.63, 3.8) is 0 Å². The Morgan fingerprint density at radius 3 is 2.33 bits per heavy atom. The number of unbranched alkanes of at least 4 members (excludes halogenated alkanes) is 3. The molecule has 15 heavy (non-hydrogen) atoms. The number of hydrogen-bond donors (Lipinski definition) is 0. The maximum absolute atomic E-state index is 11.8. The second-order valence-corrected chi connectivity index (χ2v) is 4.65. The molecular weight excluding hydrogens is 306 g/mol. The van der Waals surface area contributed by atoms with Crippen LogP contribution in [0.25, 0.3) is 0 Å². The summed E-state index contributed by atoms with van der Waals surface area (Å²) in [5, 5.41) is 0. The molecule has 0 fully saturated rings. The first kappa shape index (κ1) is 12.7. The maximum Gasteiger partial charge on any atom is 0.119 e. The van der Waals surface area contributed by atoms with Crippen molar-refractivity contribution in [2.75, 3.05) is 13.3 Å². The topological polar surface area (TPSA) is 9.23 Å². The van der Waals surface area contributed by atoms with E-state index < -0.39 is 0 Å². The SMILES string of the molecule is FCCCCCCOc1ccc(I)cc1. The molecule has 0 unspecified atom stereocenters. The van der Waals surface area contributed by atoms with Crippen molar-refractivity contribution in [1.82, 2.24) is 0 Å². The summed E-state index contributed by atoms with van der Waals surface area (Å²) in [5.41, 5.74) is 0. The van der Waals surface area contributed by atoms with Gasteiger partial charge in [0.2, 0.25) is 0 Å². The van der Waals surface area contributed by atoms with Crippen LogP contribution in [0.4, 0.5) is 4.39 Å². The van der Waals surface area contributed by atoms with E-state index in [1.807, 2.05) is 24.3 Å². The summed E-state index contributed by atoms with van der Waals surface area (Å²) in [4.78, 5) is 0. The minimum absolute atomic E-state index is 0.196. The summed E-state index contributed by atoms with van der Waals surface area (Å²) in [6, 6.07) is 8.00. The van der Waals surface area contributed by atoms with Gasteiger partial charge in [0.15, 0.2) is 0 Å². The van der Waals surface area contributed by atoms with Gasteiger partial charge in [0.25, 0.3) is 0 Å². The summed E-state index contributed by atoms with van der Waals surface area (Å²) >= 11 is 2.27. The Bertz CT molecular complexity index is 261. The number of benzene rings is 1. The second kappa shape index (κ2) is 7.91. The molecule has 1 nitrogen and oxygen atoms in total. The highest BCUT2D eigenvalue weighted by molar-refractivity contribution is 14.1. The van der Waals surface area contributed by atoms with Crippen molar-refractivity contribution in [1.29, 1.82) is 0 Å². The predicted octanol–water partition coefficient (Wildman–Crippen LogP) is 4.20. The molecule has 0 aliphatic heterocycles. The van der Waals surface area contributed by atoms with E-state index >= 15 is 0 Å². The molecule has 0 N–H and O–H groups in total. The first-order valence-corrected chi connectivity index (χ1v) is 6.35. The van der Waals surface area contributed by atoms with E-state index in [0.717, 1.165) is 31.6 Å². The monoisotopic (exact) mass is 322 g/mol. The molecule has 1 aromatic rings. The first-order chi connectivity index (χ1) is 7.33. The van der Waals surface area contributed by atoms with Gasteiger partial charge >= 0.3 is 0 Å². The van der Waals surface area contributed by atoms with Gasteiger partial charge in [-0.3, -0.25) is 4.39 Å². The van der Waals surface area contributed by atoms with Gasteiger partial charge in [-0.05, 0) is 66.1 Å². The number of rotatable bonds is 7. The number of halogens is 2. The van der Waals surface area contributed by atoms with Crippen molar-refractivity contribution in [2.45, 2.75) is 25.7 Å². The molecule has 0 heterocycles. The molecule has 0 amide bonds. The summed E-state index contributed by atoms with van der Waals surface area (Å²) in [5.74, 6) is 0.918. The van der Waals surface area contributed by atoms with E-state index in [1.165, 1.54) is 3.57 Å². The van der Waals surface area contributed by atoms with Gasteiger partial charge in [-0.1, -0.05) is 6.42 Å². The average Bonchev–Trinajstić information content (AvgIpc) is 2.26. The van der Waals surface area contributed by atoms with Crippen molar-refractivity contribution < 1.29 is 9.13 Å². The Balaban J connectivity index is 2.07. The average molecular weight is 322 g/mol. The van der Waals surface area contributed by atoms with Crippen molar-refractivity contribution in [3.05, 3.63) is 27.8 Å². The van der Waals surface area contributed by atoms with Crippen LogP contribution in [-0.4, -0.2) is 13.3 Å². The third kappa shape index (κ3) is 5.97. The van der Waals surface area contributed by atoms with E-state index in [1.54, 1.807) is 0 Å². The Morgan fingerprint density at radius 2 is 1.67 bits per heavy atom. The fourth-order valence-corrected chi connectivity index (χ4v) is 1.63. The summed E-state index contributed by atoms with van der Waals surface area (Å²) in [6.45, 7) is 0.533. The predicted molar refractivity (Wildman–Crippen MR) is 69.1 cm³/mol. The molecule has 0 aliphatic carbocycles. The van der Waals surface area contributed by atoms with Crippen LogP contribution in [0.5, 0.6) is 5.75 Å². The van der Waals surface area contributed by atoms with Gasteiger partial charge in [0, 0.05) is 3.57 Å². The number of ether oxygens (including phenoxy) is 1. The molecule has 1 rings (SSSR count). The van der Waals surface area contributed by atoms with Crippen molar-refractivity contribution >= 4 is 22.6 Å². The molecule has 0 bridgehead atoms. The molecule has 0 saturated heterocycles. The fourth-order valence-electron chi connectivity index (χ4n) is 1.27. The van der Waals surface area contributed by atoms with Crippen LogP contribution in [0.2, 0.25) is 0 Å². The molecule has 0 spiro atoms. The fraction of sp³-hybridized carbons (Fsp3) is 0.500. The zero-order chi connectivity index (χ0) is 10.9. The lowest BCUT2D eigenvalue weighted by Crippen LogP contribution is -1.97. The lowest BCUT2D eigenvalue weighted by Gasteiger charge is -2.05. The van der Waals surface area contributed by atoms with Gasteiger partial charge in [0.05, 0.1) is 13.3 Å². The van der Waals surface area contributed by atoms with Gasteiger partial charge < -0.3 is 4.74 Å². The van der Waals surface area contributed by atoms with Crippen molar-refractivity contribution in [2.24, 2.45) is 0 Å². The number of hydrogen-bond acceptors (Lipinski definition) is 1. The highest BCUT2D eigenvalue weighted by Gasteiger charge is 1.94. The van der Waals surface area contributed by atoms with Crippen LogP contribution in [-0.2, 0) is 0 Å². The molecule has 0 aliphatic rings. The molecule has 0 aromatic heterocycles. The lowest BCUT2D eigenvalue weighted by molar-refractivity contribution is 0.303. The quantitative estimate of drug-likeness (QED) is 0.540. The van der Waals surface area contributed by atoms with Gasteiger partial charge in [-0.2, -0.15) is 0 Å². The Kier molecular flexibility index (Phi) is 6.72. The first-order valence-electron chi connectivity index (χ1n) is 5.27. The molecule has 3 heteroatoms. The molecular formula is C12H16FIO. The smallest absolute Gasteiger partial charge is 0.119 e. The largest absolute Gasteiger partial charge is 0.494 e. The van der Waals surface area contributed by atoms with Gasteiger partial charge in [-0.25, -0.2) is 0 Å². The molecule has 0 radical (unpaired) electrons. The van der Waals surface area contributed by atoms with E-state index in [-0.39, 0.29) is 6.67 Å². The maximum atomic E-state index is 11.8. The van der Waals surface area contributed by atoms with E-state index in [9.17, 15) is 4.39 Å². The van der Waals surface area contributed by atoms with Crippen molar-refractivity contribution in [3.8, 4) is 5.75 Å². The van der Waals surface area contributed by atoms with Crippen LogP contribution in [0.1, 0.15) is 25.7 Å². The third-order valence-corrected chi connectivity index (χ3v) is 2.83. The highest BCUT2D eigenvalue weighted by Crippen LogP contribution is 2.14. The minimum atomic E-state index is -0.196. The summed E-state index contributed by atoms with van der Waals surface area (Å²) < 4.78 is 18.5. The minimum Gasteiger partial charge on any atom is -0.494 e. The van der Waals surface area contributed by atoms with Crippen LogP contribution in [0.3, 0.4) is 0 Å². The molecule has 0 saturated carbocycles. The number of alkyl halides is 1. The third-order valence-electron chi connectivity index (χ3n) is 2.11. The molecule has 1 aromatic carbocycles. The van der Waals surface area contributed by atoms with Crippen LogP contribution in [0, 0.1) is 3.57 Å². The van der Waals surface area contributed by atoms with E-state index in [0.29, 0.717) is 6.42 Å². The Labute approximate surface area is 104 Å². The molecule has 0 atom stereocenters. The Morgan fingerprint density at radius 1 is 1.00 bits per heavy atom. The van der Waals surface area contributed by atoms with Crippen LogP contribution >= 0.6 is 22.6 Å². The van der Waals surface area contributed by atoms with Crippen LogP contribution < -0.4 is 4.74 Å². The Hall–Kier alpha value is -0.320. The molecule has 84 valence electrons. The van der Waals surface area contributed by atoms with Crippen LogP contribution in [0.15, 0.2) is 24.3 Å². The highest BCUT2D eigenvalue weighted by atomic mass is 127. The zero-order valence-electron chi connectivity index (χ0n) is 8.72. The summed E-state index contributed by atoms with van der Waals surface area (Å²) in [7, 11) is 0. The zero-order valence-corrected chi connectivity index (χ0v) is 10.9. The second-order valence-electron chi connectivity index (χ2n) is 3.41. The summed E-state index contributed by atoms with van der Waals surface area (Å²) in [6.07, 6.45) is 3.70. The van der Waals surface area contributed by atoms with E-state index in [4.69, 9.17) is 4.74 Å². The standard InChI is InChI=1S/C12H16FIO/c13-9-3-1-2-4-10-15-12-7-5-11(14)6-8-12/h5-8H,1-4,9-10H2. The lowest BCUT2D eigenvalue weighted by atomic mass is 10.2. The van der Waals surface area contributed by atoms with Gasteiger partial charge in [0.1, 0.15) is 5.75 Å².